The molecule has 3 aromatic rings. The highest BCUT2D eigenvalue weighted by molar-refractivity contribution is 6.00. The van der Waals surface area contributed by atoms with Gasteiger partial charge in [0.15, 0.2) is 0 Å². The molecular weight excluding hydrogens is 438 g/mol. The standard InChI is InChI=1S/C26H24F2N4O2/c1-31-24(15-9-17(27)12-18(28)10-15)20-13-19-5-2-6-21(30-19)25(20)32(31)26(34)16-8-14-4-3-7-29-23(14)22(33)11-16/h3-4,7-12,19,21,24,30,33H,2,5-6,13H2,1H3/t19-,21+,24?/m1/s1. The Balaban J connectivity index is 1.48. The zero-order valence-electron chi connectivity index (χ0n) is 18.6. The minimum Gasteiger partial charge on any atom is -0.506 e. The summed E-state index contributed by atoms with van der Waals surface area (Å²) in [6.07, 6.45) is 5.25. The van der Waals surface area contributed by atoms with E-state index in [0.29, 0.717) is 28.5 Å². The number of carbonyl (C=O) groups excluding carboxylic acids is 1. The first-order valence-electron chi connectivity index (χ1n) is 11.5. The van der Waals surface area contributed by atoms with Gasteiger partial charge in [0.2, 0.25) is 0 Å². The molecule has 0 spiro atoms. The number of halogens is 2. The Hall–Kier alpha value is -3.36. The van der Waals surface area contributed by atoms with Crippen LogP contribution in [0, 0.1) is 11.6 Å². The molecule has 3 atom stereocenters. The van der Waals surface area contributed by atoms with Gasteiger partial charge in [-0.2, -0.15) is 0 Å². The molecule has 6 nitrogen and oxygen atoms in total. The number of amides is 1. The highest BCUT2D eigenvalue weighted by Crippen LogP contribution is 2.47. The molecule has 0 aliphatic carbocycles. The maximum absolute atomic E-state index is 14.2. The summed E-state index contributed by atoms with van der Waals surface area (Å²) in [6, 6.07) is 10.0. The fourth-order valence-electron chi connectivity index (χ4n) is 5.86. The van der Waals surface area contributed by atoms with Crippen molar-refractivity contribution in [3.8, 4) is 5.75 Å². The van der Waals surface area contributed by atoms with Crippen LogP contribution in [0.4, 0.5) is 8.78 Å². The molecule has 2 bridgehead atoms. The van der Waals surface area contributed by atoms with Gasteiger partial charge >= 0.3 is 0 Å². The number of fused-ring (bicyclic) bond motifs is 4. The number of rotatable bonds is 2. The zero-order valence-corrected chi connectivity index (χ0v) is 18.6. The largest absolute Gasteiger partial charge is 0.506 e. The number of likely N-dealkylation sites (N-methyl/N-ethyl adjacent to an activating group) is 1. The van der Waals surface area contributed by atoms with Gasteiger partial charge in [-0.3, -0.25) is 9.78 Å². The predicted octanol–water partition coefficient (Wildman–Crippen LogP) is 4.43. The van der Waals surface area contributed by atoms with Gasteiger partial charge in [0.05, 0.1) is 11.7 Å². The number of piperidine rings is 1. The van der Waals surface area contributed by atoms with E-state index in [1.165, 1.54) is 18.2 Å². The summed E-state index contributed by atoms with van der Waals surface area (Å²) in [7, 11) is 1.77. The Bertz CT molecular complexity index is 1340. The molecule has 174 valence electrons. The van der Waals surface area contributed by atoms with E-state index >= 15 is 0 Å². The lowest BCUT2D eigenvalue weighted by Gasteiger charge is -2.39. The van der Waals surface area contributed by atoms with Crippen LogP contribution in [0.25, 0.3) is 10.9 Å². The normalized spacial score (nSPS) is 24.6. The van der Waals surface area contributed by atoms with Gasteiger partial charge in [-0.1, -0.05) is 6.07 Å². The molecule has 3 aliphatic rings. The van der Waals surface area contributed by atoms with Gasteiger partial charge in [0.1, 0.15) is 22.9 Å². The Morgan fingerprint density at radius 1 is 1.15 bits per heavy atom. The molecule has 1 amide bonds. The monoisotopic (exact) mass is 462 g/mol. The summed E-state index contributed by atoms with van der Waals surface area (Å²) in [6.45, 7) is 0. The Morgan fingerprint density at radius 2 is 1.94 bits per heavy atom. The molecule has 2 aromatic carbocycles. The Morgan fingerprint density at radius 3 is 2.74 bits per heavy atom. The van der Waals surface area contributed by atoms with Crippen LogP contribution in [0.3, 0.4) is 0 Å². The third-order valence-electron chi connectivity index (χ3n) is 7.18. The van der Waals surface area contributed by atoms with Crippen molar-refractivity contribution in [1.29, 1.82) is 0 Å². The van der Waals surface area contributed by atoms with E-state index in [1.54, 1.807) is 41.5 Å². The second kappa shape index (κ2) is 7.85. The number of phenolic OH excluding ortho intramolecular Hbond substituents is 1. The van der Waals surface area contributed by atoms with Crippen LogP contribution in [-0.4, -0.2) is 45.1 Å². The van der Waals surface area contributed by atoms with Crippen LogP contribution in [0.2, 0.25) is 0 Å². The number of pyridine rings is 1. The van der Waals surface area contributed by atoms with Gasteiger partial charge in [0, 0.05) is 42.3 Å². The minimum absolute atomic E-state index is 0.0203. The number of phenols is 1. The number of nitrogens with zero attached hydrogens (tertiary/aromatic N) is 3. The van der Waals surface area contributed by atoms with E-state index in [9.17, 15) is 18.7 Å². The van der Waals surface area contributed by atoms with Crippen LogP contribution in [0.1, 0.15) is 47.6 Å². The summed E-state index contributed by atoms with van der Waals surface area (Å²) < 4.78 is 28.4. The van der Waals surface area contributed by atoms with Gasteiger partial charge in [0.25, 0.3) is 5.91 Å². The van der Waals surface area contributed by atoms with E-state index in [-0.39, 0.29) is 23.7 Å². The Labute approximate surface area is 195 Å². The summed E-state index contributed by atoms with van der Waals surface area (Å²) >= 11 is 0. The molecule has 6 rings (SSSR count). The SMILES string of the molecule is CN1C(c2cc(F)cc(F)c2)C2=C([C@@H]3CCC[C@H](C2)N3)N1C(=O)c1cc(O)c2ncccc2c1. The maximum Gasteiger partial charge on any atom is 0.272 e. The topological polar surface area (TPSA) is 68.7 Å². The smallest absolute Gasteiger partial charge is 0.272 e. The van der Waals surface area contributed by atoms with Gasteiger partial charge in [-0.05, 0) is 67.2 Å². The molecule has 8 heteroatoms. The fraction of sp³-hybridized carbons (Fsp3) is 0.308. The van der Waals surface area contributed by atoms with Crippen molar-refractivity contribution >= 4 is 16.8 Å². The quantitative estimate of drug-likeness (QED) is 0.590. The minimum atomic E-state index is -0.642. The highest BCUT2D eigenvalue weighted by atomic mass is 19.1. The van der Waals surface area contributed by atoms with Crippen LogP contribution in [-0.2, 0) is 0 Å². The molecular formula is C26H24F2N4O2. The number of carbonyl (C=O) groups is 1. The number of hydrogen-bond acceptors (Lipinski definition) is 5. The first-order chi connectivity index (χ1) is 16.4. The highest BCUT2D eigenvalue weighted by Gasteiger charge is 2.47. The molecule has 1 saturated heterocycles. The second-order valence-electron chi connectivity index (χ2n) is 9.33. The van der Waals surface area contributed by atoms with Gasteiger partial charge in [-0.15, -0.1) is 0 Å². The molecule has 0 saturated carbocycles. The van der Waals surface area contributed by atoms with E-state index in [1.807, 2.05) is 0 Å². The van der Waals surface area contributed by atoms with Crippen LogP contribution < -0.4 is 5.32 Å². The van der Waals surface area contributed by atoms with E-state index in [4.69, 9.17) is 0 Å². The van der Waals surface area contributed by atoms with Gasteiger partial charge < -0.3 is 10.4 Å². The van der Waals surface area contributed by atoms with Crippen molar-refractivity contribution in [2.45, 2.75) is 43.8 Å². The summed E-state index contributed by atoms with van der Waals surface area (Å²) in [4.78, 5) is 18.1. The summed E-state index contributed by atoms with van der Waals surface area (Å²) in [5, 5.41) is 18.2. The van der Waals surface area contributed by atoms with Crippen LogP contribution >= 0.6 is 0 Å². The molecule has 1 unspecified atom stereocenters. The lowest BCUT2D eigenvalue weighted by Crippen LogP contribution is -2.51. The summed E-state index contributed by atoms with van der Waals surface area (Å²) in [5.41, 5.74) is 3.09. The number of hydrazine groups is 1. The molecule has 34 heavy (non-hydrogen) atoms. The number of benzene rings is 2. The first kappa shape index (κ1) is 21.2. The second-order valence-corrected chi connectivity index (χ2v) is 9.33. The lowest BCUT2D eigenvalue weighted by atomic mass is 9.81. The third-order valence-corrected chi connectivity index (χ3v) is 7.18. The van der Waals surface area contributed by atoms with E-state index in [2.05, 4.69) is 10.3 Å². The van der Waals surface area contributed by atoms with E-state index in [0.717, 1.165) is 36.6 Å². The van der Waals surface area contributed by atoms with Crippen LogP contribution in [0.15, 0.2) is 59.9 Å². The van der Waals surface area contributed by atoms with Crippen molar-refractivity contribution in [2.75, 3.05) is 7.05 Å². The number of nitrogens with one attached hydrogen (secondary N) is 1. The zero-order chi connectivity index (χ0) is 23.6. The number of hydrogen-bond donors (Lipinski definition) is 2. The van der Waals surface area contributed by atoms with E-state index < -0.39 is 17.7 Å². The van der Waals surface area contributed by atoms with Crippen molar-refractivity contribution in [3.05, 3.63) is 82.7 Å². The maximum atomic E-state index is 14.2. The van der Waals surface area contributed by atoms with Crippen molar-refractivity contribution < 1.29 is 18.7 Å². The predicted molar refractivity (Wildman–Crippen MR) is 123 cm³/mol. The number of aromatic hydroxyl groups is 1. The van der Waals surface area contributed by atoms with Gasteiger partial charge in [-0.25, -0.2) is 18.8 Å². The molecule has 3 aliphatic heterocycles. The lowest BCUT2D eigenvalue weighted by molar-refractivity contribution is 0.0209. The Kier molecular flexibility index (Phi) is 4.89. The van der Waals surface area contributed by atoms with Crippen molar-refractivity contribution in [2.24, 2.45) is 0 Å². The number of aromatic nitrogens is 1. The fourth-order valence-corrected chi connectivity index (χ4v) is 5.86. The molecule has 2 N–H and O–H groups in total. The average molecular weight is 463 g/mol. The summed E-state index contributed by atoms with van der Waals surface area (Å²) in [5.74, 6) is -1.66. The third kappa shape index (κ3) is 3.28. The average Bonchev–Trinajstić information content (AvgIpc) is 3.10. The van der Waals surface area contributed by atoms with Crippen molar-refractivity contribution in [3.63, 3.8) is 0 Å². The molecule has 0 radical (unpaired) electrons. The molecule has 4 heterocycles. The van der Waals surface area contributed by atoms with Crippen molar-refractivity contribution in [1.82, 2.24) is 20.3 Å². The molecule has 1 aromatic heterocycles. The molecule has 1 fully saturated rings. The van der Waals surface area contributed by atoms with Crippen LogP contribution in [0.5, 0.6) is 5.75 Å². The first-order valence-corrected chi connectivity index (χ1v) is 11.5.